The maximum absolute atomic E-state index is 11.8. The minimum atomic E-state index is -1.23. The lowest BCUT2D eigenvalue weighted by Crippen LogP contribution is -2.55. The minimum absolute atomic E-state index is 0.0826. The zero-order valence-electron chi connectivity index (χ0n) is 10.4. The SMILES string of the molecule is CO[C@@H]1[C@@H](O)[C@H](OC(=O)c2ccccc2)CO[C@H]1O. The average molecular weight is 268 g/mol. The maximum atomic E-state index is 11.8. The number of aliphatic hydroxyl groups excluding tert-OH is 2. The number of hydrogen-bond donors (Lipinski definition) is 2. The van der Waals surface area contributed by atoms with E-state index in [0.29, 0.717) is 5.56 Å². The molecule has 19 heavy (non-hydrogen) atoms. The van der Waals surface area contributed by atoms with Crippen molar-refractivity contribution in [2.75, 3.05) is 13.7 Å². The van der Waals surface area contributed by atoms with E-state index in [9.17, 15) is 15.0 Å². The third-order valence-electron chi connectivity index (χ3n) is 2.97. The summed E-state index contributed by atoms with van der Waals surface area (Å²) in [7, 11) is 1.34. The van der Waals surface area contributed by atoms with Gasteiger partial charge in [-0.15, -0.1) is 0 Å². The van der Waals surface area contributed by atoms with Crippen molar-refractivity contribution < 1.29 is 29.2 Å². The second kappa shape index (κ2) is 6.12. The number of ether oxygens (including phenoxy) is 3. The molecule has 1 heterocycles. The first kappa shape index (κ1) is 14.0. The van der Waals surface area contributed by atoms with Crippen LogP contribution in [0.3, 0.4) is 0 Å². The molecule has 2 N–H and O–H groups in total. The molecule has 0 spiro atoms. The van der Waals surface area contributed by atoms with E-state index in [2.05, 4.69) is 0 Å². The van der Waals surface area contributed by atoms with Crippen molar-refractivity contribution in [1.82, 2.24) is 0 Å². The zero-order valence-corrected chi connectivity index (χ0v) is 10.4. The summed E-state index contributed by atoms with van der Waals surface area (Å²) in [6.07, 6.45) is -4.18. The highest BCUT2D eigenvalue weighted by molar-refractivity contribution is 5.89. The monoisotopic (exact) mass is 268 g/mol. The fourth-order valence-electron chi connectivity index (χ4n) is 1.91. The molecule has 2 rings (SSSR count). The summed E-state index contributed by atoms with van der Waals surface area (Å²) < 4.78 is 15.1. The Bertz CT molecular complexity index is 420. The Balaban J connectivity index is 2.01. The van der Waals surface area contributed by atoms with Crippen LogP contribution >= 0.6 is 0 Å². The molecule has 1 aliphatic rings. The Hall–Kier alpha value is -1.47. The summed E-state index contributed by atoms with van der Waals surface area (Å²) in [5, 5.41) is 19.4. The number of hydrogen-bond acceptors (Lipinski definition) is 6. The zero-order chi connectivity index (χ0) is 13.8. The van der Waals surface area contributed by atoms with Crippen LogP contribution in [-0.4, -0.2) is 54.5 Å². The Kier molecular flexibility index (Phi) is 4.49. The quantitative estimate of drug-likeness (QED) is 0.747. The summed E-state index contributed by atoms with van der Waals surface area (Å²) in [6.45, 7) is -0.0826. The van der Waals surface area contributed by atoms with Crippen LogP contribution in [0.5, 0.6) is 0 Å². The molecule has 6 heteroatoms. The van der Waals surface area contributed by atoms with Gasteiger partial charge in [-0.1, -0.05) is 18.2 Å². The van der Waals surface area contributed by atoms with Crippen LogP contribution in [0.2, 0.25) is 0 Å². The lowest BCUT2D eigenvalue weighted by molar-refractivity contribution is -0.258. The van der Waals surface area contributed by atoms with Crippen molar-refractivity contribution in [3.8, 4) is 0 Å². The van der Waals surface area contributed by atoms with E-state index in [0.717, 1.165) is 0 Å². The fraction of sp³-hybridized carbons (Fsp3) is 0.462. The van der Waals surface area contributed by atoms with Crippen molar-refractivity contribution in [2.45, 2.75) is 24.6 Å². The normalized spacial score (nSPS) is 30.9. The van der Waals surface area contributed by atoms with E-state index in [1.165, 1.54) is 7.11 Å². The van der Waals surface area contributed by atoms with Crippen LogP contribution in [0.1, 0.15) is 10.4 Å². The molecular formula is C13H16O6. The second-order valence-electron chi connectivity index (χ2n) is 4.22. The first-order chi connectivity index (χ1) is 9.13. The molecular weight excluding hydrogens is 252 g/mol. The van der Waals surface area contributed by atoms with Gasteiger partial charge in [0.25, 0.3) is 0 Å². The Morgan fingerprint density at radius 3 is 2.63 bits per heavy atom. The molecule has 0 amide bonds. The number of esters is 1. The van der Waals surface area contributed by atoms with Crippen LogP contribution < -0.4 is 0 Å². The third-order valence-corrected chi connectivity index (χ3v) is 2.97. The van der Waals surface area contributed by atoms with E-state index in [-0.39, 0.29) is 6.61 Å². The molecule has 0 aliphatic carbocycles. The largest absolute Gasteiger partial charge is 0.453 e. The number of aliphatic hydroxyl groups is 2. The third kappa shape index (κ3) is 3.10. The predicted octanol–water partition coefficient (Wildman–Crippen LogP) is -0.0635. The van der Waals surface area contributed by atoms with E-state index >= 15 is 0 Å². The second-order valence-corrected chi connectivity index (χ2v) is 4.22. The standard InChI is InChI=1S/C13H16O6/c1-17-11-10(14)9(7-18-13(11)16)19-12(15)8-5-3-2-4-6-8/h2-6,9-11,13-14,16H,7H2,1H3/t9-,10+,11-,13-/m1/s1. The van der Waals surface area contributed by atoms with Gasteiger partial charge in [-0.25, -0.2) is 4.79 Å². The van der Waals surface area contributed by atoms with Gasteiger partial charge in [0.05, 0.1) is 12.2 Å². The number of carbonyl (C=O) groups is 1. The van der Waals surface area contributed by atoms with Gasteiger partial charge >= 0.3 is 5.97 Å². The molecule has 0 saturated carbocycles. The van der Waals surface area contributed by atoms with Gasteiger partial charge in [-0.05, 0) is 12.1 Å². The van der Waals surface area contributed by atoms with E-state index < -0.39 is 30.6 Å². The van der Waals surface area contributed by atoms with Gasteiger partial charge in [0, 0.05) is 7.11 Å². The molecule has 4 atom stereocenters. The van der Waals surface area contributed by atoms with Gasteiger partial charge in [0.15, 0.2) is 12.4 Å². The topological polar surface area (TPSA) is 85.2 Å². The molecule has 1 aromatic rings. The summed E-state index contributed by atoms with van der Waals surface area (Å²) in [5.74, 6) is -0.556. The van der Waals surface area contributed by atoms with Crippen LogP contribution in [0.15, 0.2) is 30.3 Å². The molecule has 6 nitrogen and oxygen atoms in total. The van der Waals surface area contributed by atoms with Crippen molar-refractivity contribution in [3.63, 3.8) is 0 Å². The van der Waals surface area contributed by atoms with Crippen LogP contribution in [0.4, 0.5) is 0 Å². The molecule has 1 aliphatic heterocycles. The fourth-order valence-corrected chi connectivity index (χ4v) is 1.91. The van der Waals surface area contributed by atoms with Crippen LogP contribution in [-0.2, 0) is 14.2 Å². The van der Waals surface area contributed by atoms with Gasteiger partial charge in [-0.2, -0.15) is 0 Å². The smallest absolute Gasteiger partial charge is 0.338 e. The van der Waals surface area contributed by atoms with E-state index in [1.807, 2.05) is 0 Å². The highest BCUT2D eigenvalue weighted by Crippen LogP contribution is 2.19. The first-order valence-corrected chi connectivity index (χ1v) is 5.90. The van der Waals surface area contributed by atoms with Gasteiger partial charge in [0.1, 0.15) is 12.2 Å². The number of rotatable bonds is 3. The highest BCUT2D eigenvalue weighted by Gasteiger charge is 2.41. The van der Waals surface area contributed by atoms with E-state index in [1.54, 1.807) is 30.3 Å². The summed E-state index contributed by atoms with van der Waals surface area (Å²) in [6, 6.07) is 8.44. The molecule has 0 radical (unpaired) electrons. The first-order valence-electron chi connectivity index (χ1n) is 5.90. The van der Waals surface area contributed by atoms with Crippen molar-refractivity contribution in [3.05, 3.63) is 35.9 Å². The molecule has 1 fully saturated rings. The van der Waals surface area contributed by atoms with Crippen molar-refractivity contribution in [2.24, 2.45) is 0 Å². The predicted molar refractivity (Wildman–Crippen MR) is 64.4 cm³/mol. The van der Waals surface area contributed by atoms with Gasteiger partial charge in [0.2, 0.25) is 0 Å². The number of carbonyl (C=O) groups excluding carboxylic acids is 1. The Morgan fingerprint density at radius 2 is 2.00 bits per heavy atom. The lowest BCUT2D eigenvalue weighted by atomic mass is 10.1. The summed E-state index contributed by atoms with van der Waals surface area (Å²) >= 11 is 0. The summed E-state index contributed by atoms with van der Waals surface area (Å²) in [5.41, 5.74) is 0.384. The average Bonchev–Trinajstić information content (AvgIpc) is 2.43. The molecule has 0 unspecified atom stereocenters. The highest BCUT2D eigenvalue weighted by atomic mass is 16.7. The van der Waals surface area contributed by atoms with Crippen LogP contribution in [0, 0.1) is 0 Å². The number of benzene rings is 1. The van der Waals surface area contributed by atoms with Crippen LogP contribution in [0.25, 0.3) is 0 Å². The minimum Gasteiger partial charge on any atom is -0.453 e. The van der Waals surface area contributed by atoms with Crippen molar-refractivity contribution >= 4 is 5.97 Å². The molecule has 1 saturated heterocycles. The Labute approximate surface area is 110 Å². The molecule has 1 aromatic carbocycles. The maximum Gasteiger partial charge on any atom is 0.338 e. The van der Waals surface area contributed by atoms with Gasteiger partial charge < -0.3 is 24.4 Å². The summed E-state index contributed by atoms with van der Waals surface area (Å²) in [4.78, 5) is 11.8. The molecule has 104 valence electrons. The lowest BCUT2D eigenvalue weighted by Gasteiger charge is -2.36. The molecule has 0 bridgehead atoms. The van der Waals surface area contributed by atoms with Gasteiger partial charge in [-0.3, -0.25) is 0 Å². The van der Waals surface area contributed by atoms with Crippen molar-refractivity contribution in [1.29, 1.82) is 0 Å². The number of methoxy groups -OCH3 is 1. The Morgan fingerprint density at radius 1 is 1.32 bits per heavy atom. The molecule has 0 aromatic heterocycles. The van der Waals surface area contributed by atoms with E-state index in [4.69, 9.17) is 14.2 Å².